The van der Waals surface area contributed by atoms with Crippen molar-refractivity contribution >= 4 is 10.0 Å². The summed E-state index contributed by atoms with van der Waals surface area (Å²) in [6.45, 7) is 1.95. The topological polar surface area (TPSA) is 90.2 Å². The lowest BCUT2D eigenvalue weighted by Crippen LogP contribution is -2.28. The Morgan fingerprint density at radius 1 is 1.53 bits per heavy atom. The molecule has 5 nitrogen and oxygen atoms in total. The van der Waals surface area contributed by atoms with E-state index in [9.17, 15) is 12.8 Å². The zero-order valence-corrected chi connectivity index (χ0v) is 11.2. The summed E-state index contributed by atoms with van der Waals surface area (Å²) < 4.78 is 39.3. The van der Waals surface area contributed by atoms with Crippen LogP contribution in [0, 0.1) is 23.1 Å². The van der Waals surface area contributed by atoms with Gasteiger partial charge in [-0.3, -0.25) is 0 Å². The van der Waals surface area contributed by atoms with E-state index in [1.165, 1.54) is 0 Å². The third-order valence-corrected chi connectivity index (χ3v) is 4.03. The van der Waals surface area contributed by atoms with E-state index in [0.29, 0.717) is 6.42 Å². The van der Waals surface area contributed by atoms with Gasteiger partial charge >= 0.3 is 0 Å². The third-order valence-electron chi connectivity index (χ3n) is 2.61. The fraction of sp³-hybridized carbons (Fsp3) is 0.417. The number of hydrogen-bond acceptors (Lipinski definition) is 4. The molecule has 0 saturated carbocycles. The molecule has 2 N–H and O–H groups in total. The maximum Gasteiger partial charge on any atom is 0.240 e. The van der Waals surface area contributed by atoms with Gasteiger partial charge in [-0.2, -0.15) is 5.26 Å². The van der Waals surface area contributed by atoms with Crippen molar-refractivity contribution in [1.82, 2.24) is 4.72 Å². The van der Waals surface area contributed by atoms with Crippen molar-refractivity contribution in [2.24, 2.45) is 5.92 Å². The highest BCUT2D eigenvalue weighted by Gasteiger charge is 2.17. The van der Waals surface area contributed by atoms with Crippen molar-refractivity contribution in [2.75, 3.05) is 13.2 Å². The van der Waals surface area contributed by atoms with E-state index >= 15 is 0 Å². The van der Waals surface area contributed by atoms with E-state index in [4.69, 9.17) is 10.4 Å². The molecule has 104 valence electrons. The highest BCUT2D eigenvalue weighted by molar-refractivity contribution is 7.89. The van der Waals surface area contributed by atoms with Crippen LogP contribution in [0.2, 0.25) is 0 Å². The van der Waals surface area contributed by atoms with Crippen LogP contribution in [-0.2, 0) is 10.0 Å². The number of hydrogen-bond donors (Lipinski definition) is 2. The van der Waals surface area contributed by atoms with Crippen molar-refractivity contribution in [1.29, 1.82) is 5.26 Å². The Morgan fingerprint density at radius 2 is 2.21 bits per heavy atom. The molecule has 0 radical (unpaired) electrons. The summed E-state index contributed by atoms with van der Waals surface area (Å²) in [7, 11) is -3.77. The largest absolute Gasteiger partial charge is 0.396 e. The average molecular weight is 286 g/mol. The van der Waals surface area contributed by atoms with E-state index < -0.39 is 15.8 Å². The molecule has 0 spiro atoms. The van der Waals surface area contributed by atoms with Crippen molar-refractivity contribution < 1.29 is 17.9 Å². The van der Waals surface area contributed by atoms with Crippen molar-refractivity contribution in [3.05, 3.63) is 29.6 Å². The summed E-state index contributed by atoms with van der Waals surface area (Å²) >= 11 is 0. The number of nitrogens with one attached hydrogen (secondary N) is 1. The van der Waals surface area contributed by atoms with Crippen molar-refractivity contribution in [3.63, 3.8) is 0 Å². The van der Waals surface area contributed by atoms with Crippen LogP contribution in [0.4, 0.5) is 4.39 Å². The Labute approximate surface area is 111 Å². The van der Waals surface area contributed by atoms with Gasteiger partial charge in [0.25, 0.3) is 0 Å². The summed E-state index contributed by atoms with van der Waals surface area (Å²) in [5.41, 5.74) is -0.314. The van der Waals surface area contributed by atoms with Gasteiger partial charge in [0.05, 0.1) is 10.5 Å². The first kappa shape index (κ1) is 15.6. The van der Waals surface area contributed by atoms with Gasteiger partial charge in [-0.15, -0.1) is 0 Å². The predicted octanol–water partition coefficient (Wildman–Crippen LogP) is 0.994. The molecule has 1 rings (SSSR count). The molecule has 1 unspecified atom stereocenters. The van der Waals surface area contributed by atoms with Crippen LogP contribution >= 0.6 is 0 Å². The second-order valence-corrected chi connectivity index (χ2v) is 5.99. The van der Waals surface area contributed by atoms with Gasteiger partial charge in [-0.1, -0.05) is 6.92 Å². The third kappa shape index (κ3) is 4.28. The maximum atomic E-state index is 13.1. The molecule has 1 aromatic carbocycles. The lowest BCUT2D eigenvalue weighted by Gasteiger charge is -2.11. The van der Waals surface area contributed by atoms with E-state index in [1.54, 1.807) is 13.0 Å². The molecule has 1 aromatic rings. The molecule has 0 heterocycles. The first-order chi connectivity index (χ1) is 8.90. The van der Waals surface area contributed by atoms with Gasteiger partial charge in [0.2, 0.25) is 10.0 Å². The fourth-order valence-electron chi connectivity index (χ4n) is 1.41. The SMILES string of the molecule is CC(CCO)CNS(=O)(=O)c1ccc(F)c(C#N)c1. The zero-order chi connectivity index (χ0) is 14.5. The minimum atomic E-state index is -3.77. The van der Waals surface area contributed by atoms with Gasteiger partial charge in [0.15, 0.2) is 0 Å². The summed E-state index contributed by atoms with van der Waals surface area (Å²) in [4.78, 5) is -0.151. The van der Waals surface area contributed by atoms with Gasteiger partial charge < -0.3 is 5.11 Å². The molecule has 0 saturated heterocycles. The molecular formula is C12H15FN2O3S. The van der Waals surface area contributed by atoms with Crippen LogP contribution in [0.3, 0.4) is 0 Å². The minimum absolute atomic E-state index is 0.0159. The van der Waals surface area contributed by atoms with E-state index in [1.807, 2.05) is 0 Å². The smallest absolute Gasteiger partial charge is 0.240 e. The number of rotatable bonds is 6. The number of sulfonamides is 1. The lowest BCUT2D eigenvalue weighted by atomic mass is 10.1. The second kappa shape index (κ2) is 6.61. The molecule has 7 heteroatoms. The Balaban J connectivity index is 2.86. The van der Waals surface area contributed by atoms with Crippen LogP contribution in [-0.4, -0.2) is 26.7 Å². The molecule has 0 aliphatic heterocycles. The molecule has 1 atom stereocenters. The van der Waals surface area contributed by atoms with Crippen molar-refractivity contribution in [2.45, 2.75) is 18.2 Å². The first-order valence-electron chi connectivity index (χ1n) is 5.71. The van der Waals surface area contributed by atoms with E-state index in [0.717, 1.165) is 18.2 Å². The molecule has 0 aromatic heterocycles. The summed E-state index contributed by atoms with van der Waals surface area (Å²) in [5.74, 6) is -0.772. The molecular weight excluding hydrogens is 271 g/mol. The monoisotopic (exact) mass is 286 g/mol. The van der Waals surface area contributed by atoms with Gasteiger partial charge in [0.1, 0.15) is 11.9 Å². The highest BCUT2D eigenvalue weighted by Crippen LogP contribution is 2.14. The van der Waals surface area contributed by atoms with Crippen LogP contribution in [0.25, 0.3) is 0 Å². The number of aliphatic hydroxyl groups is 1. The van der Waals surface area contributed by atoms with Crippen molar-refractivity contribution in [3.8, 4) is 6.07 Å². The maximum absolute atomic E-state index is 13.1. The van der Waals surface area contributed by atoms with Crippen LogP contribution in [0.5, 0.6) is 0 Å². The van der Waals surface area contributed by atoms with Crippen LogP contribution in [0.15, 0.2) is 23.1 Å². The fourth-order valence-corrected chi connectivity index (χ4v) is 2.61. The first-order valence-corrected chi connectivity index (χ1v) is 7.19. The number of aliphatic hydroxyl groups excluding tert-OH is 1. The van der Waals surface area contributed by atoms with Crippen LogP contribution in [0.1, 0.15) is 18.9 Å². The molecule has 0 amide bonds. The molecule has 19 heavy (non-hydrogen) atoms. The Hall–Kier alpha value is -1.49. The Morgan fingerprint density at radius 3 is 2.79 bits per heavy atom. The normalized spacial score (nSPS) is 12.9. The molecule has 0 aliphatic carbocycles. The van der Waals surface area contributed by atoms with E-state index in [2.05, 4.69) is 4.72 Å². The second-order valence-electron chi connectivity index (χ2n) is 4.22. The summed E-state index contributed by atoms with van der Waals surface area (Å²) in [6, 6.07) is 4.64. The molecule has 0 aliphatic rings. The minimum Gasteiger partial charge on any atom is -0.396 e. The molecule has 0 bridgehead atoms. The van der Waals surface area contributed by atoms with Gasteiger partial charge in [-0.25, -0.2) is 17.5 Å². The molecule has 0 fully saturated rings. The van der Waals surface area contributed by atoms with Gasteiger partial charge in [-0.05, 0) is 30.5 Å². The van der Waals surface area contributed by atoms with E-state index in [-0.39, 0.29) is 29.5 Å². The number of nitrogens with zero attached hydrogens (tertiary/aromatic N) is 1. The summed E-state index contributed by atoms with van der Waals surface area (Å²) in [5, 5.41) is 17.4. The van der Waals surface area contributed by atoms with Crippen LogP contribution < -0.4 is 4.72 Å². The Kier molecular flexibility index (Phi) is 5.42. The number of nitriles is 1. The standard InChI is InChI=1S/C12H15FN2O3S/c1-9(4-5-16)8-15-19(17,18)11-2-3-12(13)10(6-11)7-14/h2-3,6,9,15-16H,4-5,8H2,1H3. The zero-order valence-electron chi connectivity index (χ0n) is 10.4. The summed E-state index contributed by atoms with van der Waals surface area (Å²) in [6.07, 6.45) is 0.482. The lowest BCUT2D eigenvalue weighted by molar-refractivity contribution is 0.263. The Bertz CT molecular complexity index is 581. The van der Waals surface area contributed by atoms with Gasteiger partial charge in [0, 0.05) is 13.2 Å². The number of benzene rings is 1. The number of halogens is 1. The average Bonchev–Trinajstić information content (AvgIpc) is 2.37. The predicted molar refractivity (Wildman–Crippen MR) is 67.2 cm³/mol. The highest BCUT2D eigenvalue weighted by atomic mass is 32.2. The quantitative estimate of drug-likeness (QED) is 0.816.